The fourth-order valence-corrected chi connectivity index (χ4v) is 7.32. The molecule has 0 saturated heterocycles. The van der Waals surface area contributed by atoms with Gasteiger partial charge < -0.3 is 14.2 Å². The monoisotopic (exact) mass is 742 g/mol. The number of carbonyl (C=O) groups excluding carboxylic acids is 1. The molecule has 1 aliphatic rings. The quantitative estimate of drug-likeness (QED) is 0.192. The van der Waals surface area contributed by atoms with Gasteiger partial charge in [0.2, 0.25) is 0 Å². The van der Waals surface area contributed by atoms with Crippen LogP contribution in [0.5, 0.6) is 11.5 Å². The molecule has 192 valence electrons. The highest BCUT2D eigenvalue weighted by molar-refractivity contribution is 14.1. The van der Waals surface area contributed by atoms with Crippen molar-refractivity contribution in [2.75, 3.05) is 20.3 Å². The van der Waals surface area contributed by atoms with Gasteiger partial charge in [-0.15, -0.1) is 0 Å². The van der Waals surface area contributed by atoms with Gasteiger partial charge in [-0.3, -0.25) is 9.36 Å². The SMILES string of the molecule is C=CCOc1ccc([C@@H]2C(C(=O)OCC)=C(C)N=c3s/c(=C\c4cc(I)c(OC)c(I)c4)c(=O)n32)cc1. The number of benzene rings is 2. The van der Waals surface area contributed by atoms with E-state index < -0.39 is 12.0 Å². The first-order valence-electron chi connectivity index (χ1n) is 11.3. The van der Waals surface area contributed by atoms with E-state index in [4.69, 9.17) is 14.2 Å². The normalized spacial score (nSPS) is 15.2. The first-order valence-corrected chi connectivity index (χ1v) is 14.3. The van der Waals surface area contributed by atoms with Crippen LogP contribution in [0.15, 0.2) is 70.1 Å². The minimum absolute atomic E-state index is 0.218. The van der Waals surface area contributed by atoms with Crippen molar-refractivity contribution in [3.63, 3.8) is 0 Å². The maximum Gasteiger partial charge on any atom is 0.338 e. The Morgan fingerprint density at radius 2 is 1.89 bits per heavy atom. The first-order chi connectivity index (χ1) is 17.8. The molecule has 0 spiro atoms. The molecule has 0 radical (unpaired) electrons. The highest BCUT2D eigenvalue weighted by Crippen LogP contribution is 2.32. The molecule has 0 fully saturated rings. The van der Waals surface area contributed by atoms with Crippen molar-refractivity contribution in [2.24, 2.45) is 4.99 Å². The van der Waals surface area contributed by atoms with Crippen LogP contribution in [0.4, 0.5) is 0 Å². The summed E-state index contributed by atoms with van der Waals surface area (Å²) in [5.41, 5.74) is 2.27. The number of methoxy groups -OCH3 is 1. The van der Waals surface area contributed by atoms with Crippen LogP contribution in [0.1, 0.15) is 31.0 Å². The van der Waals surface area contributed by atoms with Crippen LogP contribution in [0.3, 0.4) is 0 Å². The molecule has 4 rings (SSSR count). The van der Waals surface area contributed by atoms with Crippen LogP contribution >= 0.6 is 56.5 Å². The van der Waals surface area contributed by atoms with E-state index in [1.54, 1.807) is 31.6 Å². The second-order valence-electron chi connectivity index (χ2n) is 7.99. The molecule has 2 heterocycles. The third-order valence-electron chi connectivity index (χ3n) is 5.60. The number of fused-ring (bicyclic) bond motifs is 1. The lowest BCUT2D eigenvalue weighted by Gasteiger charge is -2.24. The summed E-state index contributed by atoms with van der Waals surface area (Å²) >= 11 is 5.73. The molecule has 2 aromatic carbocycles. The molecule has 0 N–H and O–H groups in total. The fourth-order valence-electron chi connectivity index (χ4n) is 4.02. The second kappa shape index (κ2) is 11.9. The van der Waals surface area contributed by atoms with E-state index >= 15 is 0 Å². The smallest absolute Gasteiger partial charge is 0.338 e. The topological polar surface area (TPSA) is 79.1 Å². The predicted octanol–water partition coefficient (Wildman–Crippen LogP) is 4.58. The van der Waals surface area contributed by atoms with E-state index in [0.29, 0.717) is 33.0 Å². The standard InChI is InChI=1S/C27H24I2N2O5S/c1-5-11-36-18-9-7-17(8-10-18)23-22(26(33)35-6-2)15(3)30-27-31(23)25(32)21(37-27)14-16-12-19(28)24(34-4)20(29)13-16/h5,7-10,12-14,23H,1,6,11H2,2-4H3/b21-14-/t23-/m1/s1. The van der Waals surface area contributed by atoms with Crippen molar-refractivity contribution >= 4 is 68.6 Å². The number of hydrogen-bond acceptors (Lipinski definition) is 7. The zero-order valence-electron chi connectivity index (χ0n) is 20.4. The van der Waals surface area contributed by atoms with Gasteiger partial charge in [0.25, 0.3) is 5.56 Å². The summed E-state index contributed by atoms with van der Waals surface area (Å²) in [6, 6.07) is 10.6. The van der Waals surface area contributed by atoms with Crippen molar-refractivity contribution in [3.05, 3.63) is 98.3 Å². The number of halogens is 2. The number of ether oxygens (including phenoxy) is 3. The molecular formula is C27H24I2N2O5S. The zero-order chi connectivity index (χ0) is 26.7. The van der Waals surface area contributed by atoms with Gasteiger partial charge in [0.1, 0.15) is 18.1 Å². The van der Waals surface area contributed by atoms with E-state index in [2.05, 4.69) is 56.8 Å². The highest BCUT2D eigenvalue weighted by atomic mass is 127. The summed E-state index contributed by atoms with van der Waals surface area (Å²) in [4.78, 5) is 32.0. The number of allylic oxidation sites excluding steroid dienone is 1. The Labute approximate surface area is 245 Å². The third-order valence-corrected chi connectivity index (χ3v) is 8.19. The van der Waals surface area contributed by atoms with E-state index in [1.807, 2.05) is 42.5 Å². The van der Waals surface area contributed by atoms with Crippen molar-refractivity contribution in [3.8, 4) is 11.5 Å². The third kappa shape index (κ3) is 5.70. The largest absolute Gasteiger partial charge is 0.495 e. The molecule has 7 nitrogen and oxygen atoms in total. The average Bonchev–Trinajstić information content (AvgIpc) is 3.16. The number of aromatic nitrogens is 1. The van der Waals surface area contributed by atoms with Crippen molar-refractivity contribution in [2.45, 2.75) is 19.9 Å². The Morgan fingerprint density at radius 3 is 2.49 bits per heavy atom. The minimum Gasteiger partial charge on any atom is -0.495 e. The summed E-state index contributed by atoms with van der Waals surface area (Å²) in [5, 5.41) is 0. The number of esters is 1. The number of carbonyl (C=O) groups is 1. The molecular weight excluding hydrogens is 718 g/mol. The Bertz CT molecular complexity index is 1550. The molecule has 10 heteroatoms. The molecule has 0 aliphatic carbocycles. The Hall–Kier alpha value is -2.45. The molecule has 3 aromatic rings. The molecule has 0 amide bonds. The fraction of sp³-hybridized carbons (Fsp3) is 0.222. The summed E-state index contributed by atoms with van der Waals surface area (Å²) in [6.07, 6.45) is 3.52. The first kappa shape index (κ1) is 27.6. The number of thiazole rings is 1. The number of rotatable bonds is 8. The average molecular weight is 742 g/mol. The van der Waals surface area contributed by atoms with Gasteiger partial charge in [-0.1, -0.05) is 36.1 Å². The summed E-state index contributed by atoms with van der Waals surface area (Å²) in [6.45, 7) is 7.79. The lowest BCUT2D eigenvalue weighted by Crippen LogP contribution is -2.39. The van der Waals surface area contributed by atoms with Crippen LogP contribution < -0.4 is 24.4 Å². The van der Waals surface area contributed by atoms with Crippen molar-refractivity contribution in [1.29, 1.82) is 0 Å². The van der Waals surface area contributed by atoms with Gasteiger partial charge in [0.05, 0.1) is 42.7 Å². The molecule has 1 aromatic heterocycles. The van der Waals surface area contributed by atoms with Crippen LogP contribution in [-0.2, 0) is 9.53 Å². The summed E-state index contributed by atoms with van der Waals surface area (Å²) < 4.78 is 20.4. The van der Waals surface area contributed by atoms with Crippen LogP contribution in [0, 0.1) is 7.14 Å². The lowest BCUT2D eigenvalue weighted by molar-refractivity contribution is -0.139. The summed E-state index contributed by atoms with van der Waals surface area (Å²) in [7, 11) is 1.64. The second-order valence-corrected chi connectivity index (χ2v) is 11.3. The number of nitrogens with zero attached hydrogens (tertiary/aromatic N) is 2. The lowest BCUT2D eigenvalue weighted by atomic mass is 9.96. The summed E-state index contributed by atoms with van der Waals surface area (Å²) in [5.74, 6) is 0.975. The van der Waals surface area contributed by atoms with Gasteiger partial charge in [0.15, 0.2) is 4.80 Å². The predicted molar refractivity (Wildman–Crippen MR) is 161 cm³/mol. The Morgan fingerprint density at radius 1 is 1.22 bits per heavy atom. The zero-order valence-corrected chi connectivity index (χ0v) is 25.5. The minimum atomic E-state index is -0.679. The molecule has 1 atom stereocenters. The Kier molecular flexibility index (Phi) is 8.90. The van der Waals surface area contributed by atoms with Crippen LogP contribution in [0.25, 0.3) is 6.08 Å². The van der Waals surface area contributed by atoms with Crippen LogP contribution in [0.2, 0.25) is 0 Å². The molecule has 0 bridgehead atoms. The van der Waals surface area contributed by atoms with E-state index in [0.717, 1.165) is 24.0 Å². The molecule has 37 heavy (non-hydrogen) atoms. The van der Waals surface area contributed by atoms with Crippen molar-refractivity contribution < 1.29 is 19.0 Å². The highest BCUT2D eigenvalue weighted by Gasteiger charge is 2.33. The van der Waals surface area contributed by atoms with Crippen LogP contribution in [-0.4, -0.2) is 30.9 Å². The molecule has 0 unspecified atom stereocenters. The van der Waals surface area contributed by atoms with E-state index in [1.165, 1.54) is 11.3 Å². The van der Waals surface area contributed by atoms with Gasteiger partial charge >= 0.3 is 5.97 Å². The maximum atomic E-state index is 13.8. The maximum absolute atomic E-state index is 13.8. The van der Waals surface area contributed by atoms with Gasteiger partial charge in [-0.2, -0.15) is 0 Å². The molecule has 1 aliphatic heterocycles. The Balaban J connectivity index is 1.89. The van der Waals surface area contributed by atoms with Gasteiger partial charge in [-0.05, 0) is 100 Å². The van der Waals surface area contributed by atoms with E-state index in [-0.39, 0.29) is 12.2 Å². The van der Waals surface area contributed by atoms with Gasteiger partial charge in [-0.25, -0.2) is 9.79 Å². The van der Waals surface area contributed by atoms with Gasteiger partial charge in [0, 0.05) is 0 Å². The van der Waals surface area contributed by atoms with E-state index in [9.17, 15) is 9.59 Å². The van der Waals surface area contributed by atoms with Crippen molar-refractivity contribution in [1.82, 2.24) is 4.57 Å². The molecule has 0 saturated carbocycles. The number of hydrogen-bond donors (Lipinski definition) is 0.